The normalized spacial score (nSPS) is 23.7. The predicted molar refractivity (Wildman–Crippen MR) is 80.8 cm³/mol. The molecule has 2 fully saturated rings. The van der Waals surface area contributed by atoms with Gasteiger partial charge in [0.2, 0.25) is 5.91 Å². The molecule has 1 unspecified atom stereocenters. The van der Waals surface area contributed by atoms with Crippen molar-refractivity contribution in [2.45, 2.75) is 12.6 Å². The van der Waals surface area contributed by atoms with Crippen LogP contribution >= 0.6 is 0 Å². The zero-order valence-corrected chi connectivity index (χ0v) is 12.3. The first-order chi connectivity index (χ1) is 10.3. The molecule has 21 heavy (non-hydrogen) atoms. The van der Waals surface area contributed by atoms with Gasteiger partial charge in [-0.1, -0.05) is 30.3 Å². The van der Waals surface area contributed by atoms with Gasteiger partial charge in [-0.15, -0.1) is 0 Å². The topological polar surface area (TPSA) is 44.8 Å². The number of benzene rings is 1. The minimum Gasteiger partial charge on any atom is -0.379 e. The summed E-state index contributed by atoms with van der Waals surface area (Å²) >= 11 is 0. The third-order valence-corrected chi connectivity index (χ3v) is 4.17. The van der Waals surface area contributed by atoms with E-state index in [0.717, 1.165) is 51.4 Å². The van der Waals surface area contributed by atoms with Crippen molar-refractivity contribution >= 4 is 5.91 Å². The lowest BCUT2D eigenvalue weighted by Crippen LogP contribution is -2.39. The fourth-order valence-electron chi connectivity index (χ4n) is 3.02. The first-order valence-electron chi connectivity index (χ1n) is 7.72. The second-order valence-corrected chi connectivity index (χ2v) is 5.59. The second kappa shape index (κ2) is 7.02. The Labute approximate surface area is 125 Å². The van der Waals surface area contributed by atoms with Crippen molar-refractivity contribution in [3.05, 3.63) is 35.9 Å². The van der Waals surface area contributed by atoms with Gasteiger partial charge < -0.3 is 9.64 Å². The number of ether oxygens (including phenoxy) is 1. The zero-order valence-electron chi connectivity index (χ0n) is 12.3. The van der Waals surface area contributed by atoms with E-state index in [-0.39, 0.29) is 12.1 Å². The molecule has 0 aromatic heterocycles. The van der Waals surface area contributed by atoms with Crippen LogP contribution in [0.2, 0.25) is 0 Å². The average molecular weight is 289 g/mol. The number of hydrogen-bond donors (Lipinski definition) is 1. The first kappa shape index (κ1) is 14.5. The van der Waals surface area contributed by atoms with Crippen LogP contribution in [0.4, 0.5) is 0 Å². The van der Waals surface area contributed by atoms with E-state index >= 15 is 0 Å². The van der Waals surface area contributed by atoms with Crippen molar-refractivity contribution in [1.82, 2.24) is 15.1 Å². The number of amides is 1. The lowest BCUT2D eigenvalue weighted by molar-refractivity contribution is -0.128. The molecule has 1 amide bonds. The summed E-state index contributed by atoms with van der Waals surface area (Å²) in [4.78, 5) is 16.4. The van der Waals surface area contributed by atoms with E-state index in [0.29, 0.717) is 6.54 Å². The molecule has 5 nitrogen and oxygen atoms in total. The molecule has 2 heterocycles. The number of rotatable bonds is 5. The van der Waals surface area contributed by atoms with Gasteiger partial charge in [0, 0.05) is 26.2 Å². The van der Waals surface area contributed by atoms with E-state index in [9.17, 15) is 4.79 Å². The quantitative estimate of drug-likeness (QED) is 0.872. The maximum atomic E-state index is 12.1. The van der Waals surface area contributed by atoms with Gasteiger partial charge in [0.15, 0.2) is 0 Å². The Balaban J connectivity index is 1.53. The zero-order chi connectivity index (χ0) is 14.5. The predicted octanol–water partition coefficient (Wildman–Crippen LogP) is 0.839. The maximum absolute atomic E-state index is 12.1. The molecule has 5 heteroatoms. The van der Waals surface area contributed by atoms with Gasteiger partial charge in [-0.25, -0.2) is 0 Å². The second-order valence-electron chi connectivity index (χ2n) is 5.59. The summed E-state index contributed by atoms with van der Waals surface area (Å²) in [6, 6.07) is 10.2. The van der Waals surface area contributed by atoms with Crippen LogP contribution in [0.15, 0.2) is 30.3 Å². The van der Waals surface area contributed by atoms with Gasteiger partial charge in [-0.05, 0) is 12.0 Å². The summed E-state index contributed by atoms with van der Waals surface area (Å²) in [7, 11) is 0. The van der Waals surface area contributed by atoms with E-state index in [1.807, 2.05) is 23.1 Å². The summed E-state index contributed by atoms with van der Waals surface area (Å²) in [5.41, 5.74) is 1.16. The molecule has 1 N–H and O–H groups in total. The average Bonchev–Trinajstić information content (AvgIpc) is 2.91. The molecule has 0 spiro atoms. The lowest BCUT2D eigenvalue weighted by Gasteiger charge is -2.29. The fourth-order valence-corrected chi connectivity index (χ4v) is 3.02. The Morgan fingerprint density at radius 3 is 2.67 bits per heavy atom. The third kappa shape index (κ3) is 3.61. The molecule has 0 saturated carbocycles. The molecule has 1 atom stereocenters. The van der Waals surface area contributed by atoms with Crippen LogP contribution in [0.5, 0.6) is 0 Å². The molecule has 1 aromatic rings. The fraction of sp³-hybridized carbons (Fsp3) is 0.562. The molecule has 2 aliphatic heterocycles. The van der Waals surface area contributed by atoms with Gasteiger partial charge in [0.05, 0.1) is 19.8 Å². The van der Waals surface area contributed by atoms with Crippen molar-refractivity contribution in [1.29, 1.82) is 0 Å². The van der Waals surface area contributed by atoms with Crippen molar-refractivity contribution in [3.8, 4) is 0 Å². The van der Waals surface area contributed by atoms with Gasteiger partial charge in [-0.3, -0.25) is 15.0 Å². The number of carbonyl (C=O) groups is 1. The van der Waals surface area contributed by atoms with Gasteiger partial charge in [0.25, 0.3) is 0 Å². The standard InChI is InChI=1S/C16H23N3O2/c20-15-13-17-16(14-5-2-1-3-6-14)19(15)8-4-7-18-9-11-21-12-10-18/h1-3,5-6,16-17H,4,7-13H2. The highest BCUT2D eigenvalue weighted by atomic mass is 16.5. The highest BCUT2D eigenvalue weighted by molar-refractivity contribution is 5.80. The smallest absolute Gasteiger partial charge is 0.238 e. The maximum Gasteiger partial charge on any atom is 0.238 e. The monoisotopic (exact) mass is 289 g/mol. The van der Waals surface area contributed by atoms with Crippen LogP contribution in [0, 0.1) is 0 Å². The molecular weight excluding hydrogens is 266 g/mol. The summed E-state index contributed by atoms with van der Waals surface area (Å²) in [5.74, 6) is 0.200. The molecular formula is C16H23N3O2. The summed E-state index contributed by atoms with van der Waals surface area (Å²) in [6.45, 7) is 5.96. The van der Waals surface area contributed by atoms with Gasteiger partial charge in [0.1, 0.15) is 6.17 Å². The van der Waals surface area contributed by atoms with Crippen LogP contribution in [-0.2, 0) is 9.53 Å². The molecule has 2 saturated heterocycles. The Hall–Kier alpha value is -1.43. The Morgan fingerprint density at radius 1 is 1.14 bits per heavy atom. The van der Waals surface area contributed by atoms with Gasteiger partial charge >= 0.3 is 0 Å². The molecule has 3 rings (SSSR count). The van der Waals surface area contributed by atoms with E-state index in [1.165, 1.54) is 0 Å². The molecule has 1 aromatic carbocycles. The van der Waals surface area contributed by atoms with E-state index in [4.69, 9.17) is 4.74 Å². The van der Waals surface area contributed by atoms with Crippen LogP contribution in [0.1, 0.15) is 18.2 Å². The Kier molecular flexibility index (Phi) is 4.85. The van der Waals surface area contributed by atoms with Crippen LogP contribution in [-0.4, -0.2) is 61.6 Å². The minimum absolute atomic E-state index is 0.0309. The van der Waals surface area contributed by atoms with Crippen LogP contribution in [0.3, 0.4) is 0 Å². The SMILES string of the molecule is O=C1CNC(c2ccccc2)N1CCCN1CCOCC1. The number of hydrogen-bond acceptors (Lipinski definition) is 4. The van der Waals surface area contributed by atoms with E-state index < -0.39 is 0 Å². The summed E-state index contributed by atoms with van der Waals surface area (Å²) in [6.07, 6.45) is 1.04. The van der Waals surface area contributed by atoms with Crippen molar-refractivity contribution < 1.29 is 9.53 Å². The third-order valence-electron chi connectivity index (χ3n) is 4.17. The highest BCUT2D eigenvalue weighted by Gasteiger charge is 2.30. The Bertz CT molecular complexity index is 460. The molecule has 0 aliphatic carbocycles. The Morgan fingerprint density at radius 2 is 1.90 bits per heavy atom. The van der Waals surface area contributed by atoms with Gasteiger partial charge in [-0.2, -0.15) is 0 Å². The van der Waals surface area contributed by atoms with Crippen molar-refractivity contribution in [3.63, 3.8) is 0 Å². The largest absolute Gasteiger partial charge is 0.379 e. The molecule has 0 radical (unpaired) electrons. The van der Waals surface area contributed by atoms with Crippen molar-refractivity contribution in [2.24, 2.45) is 0 Å². The first-order valence-corrected chi connectivity index (χ1v) is 7.72. The number of nitrogens with one attached hydrogen (secondary N) is 1. The van der Waals surface area contributed by atoms with Crippen LogP contribution < -0.4 is 5.32 Å². The lowest BCUT2D eigenvalue weighted by atomic mass is 10.1. The van der Waals surface area contributed by atoms with E-state index in [1.54, 1.807) is 0 Å². The summed E-state index contributed by atoms with van der Waals surface area (Å²) < 4.78 is 5.36. The number of morpholine rings is 1. The minimum atomic E-state index is 0.0309. The molecule has 114 valence electrons. The molecule has 0 bridgehead atoms. The van der Waals surface area contributed by atoms with Crippen molar-refractivity contribution in [2.75, 3.05) is 45.9 Å². The highest BCUT2D eigenvalue weighted by Crippen LogP contribution is 2.22. The summed E-state index contributed by atoms with van der Waals surface area (Å²) in [5, 5.41) is 3.30. The van der Waals surface area contributed by atoms with E-state index in [2.05, 4.69) is 22.3 Å². The molecule has 2 aliphatic rings. The number of nitrogens with zero attached hydrogens (tertiary/aromatic N) is 2. The number of carbonyl (C=O) groups excluding carboxylic acids is 1. The van der Waals surface area contributed by atoms with Crippen LogP contribution in [0.25, 0.3) is 0 Å².